The van der Waals surface area contributed by atoms with Crippen LogP contribution in [0.5, 0.6) is 0 Å². The van der Waals surface area contributed by atoms with Gasteiger partial charge in [-0.25, -0.2) is 0 Å². The Bertz CT molecular complexity index is 321. The van der Waals surface area contributed by atoms with Gasteiger partial charge in [-0.3, -0.25) is 9.80 Å². The molecule has 0 saturated carbocycles. The summed E-state index contributed by atoms with van der Waals surface area (Å²) < 4.78 is 0. The van der Waals surface area contributed by atoms with Crippen LogP contribution < -0.4 is 5.73 Å². The summed E-state index contributed by atoms with van der Waals surface area (Å²) in [6, 6.07) is 1.41. The molecule has 3 rings (SSSR count). The second-order valence-electron chi connectivity index (χ2n) is 6.92. The van der Waals surface area contributed by atoms with Gasteiger partial charge < -0.3 is 10.6 Å². The molecule has 3 fully saturated rings. The third-order valence-electron chi connectivity index (χ3n) is 6.02. The van der Waals surface area contributed by atoms with Crippen LogP contribution in [0.2, 0.25) is 0 Å². The zero-order valence-electron chi connectivity index (χ0n) is 12.6. The van der Waals surface area contributed by atoms with E-state index in [4.69, 9.17) is 5.73 Å². The van der Waals surface area contributed by atoms with Crippen LogP contribution in [0.15, 0.2) is 0 Å². The molecule has 0 radical (unpaired) electrons. The highest BCUT2D eigenvalue weighted by Gasteiger charge is 2.52. The van der Waals surface area contributed by atoms with E-state index in [2.05, 4.69) is 28.8 Å². The third-order valence-corrected chi connectivity index (χ3v) is 6.02. The second kappa shape index (κ2) is 5.32. The molecule has 4 heteroatoms. The molecule has 4 nitrogen and oxygen atoms in total. The van der Waals surface area contributed by atoms with Crippen LogP contribution >= 0.6 is 0 Å². The number of likely N-dealkylation sites (N-methyl/N-ethyl adjacent to an activating group) is 2. The number of rotatable bonds is 3. The first-order valence-corrected chi connectivity index (χ1v) is 8.03. The van der Waals surface area contributed by atoms with E-state index in [-0.39, 0.29) is 5.54 Å². The molecule has 0 aliphatic carbocycles. The van der Waals surface area contributed by atoms with Gasteiger partial charge in [-0.15, -0.1) is 0 Å². The molecule has 3 unspecified atom stereocenters. The van der Waals surface area contributed by atoms with Gasteiger partial charge in [0.25, 0.3) is 0 Å². The standard InChI is InChI=1S/C15H30N4/c1-17-8-3-5-13(11-17)18(2)15(12-16)7-10-19-9-4-6-14(15)19/h13-14H,3-12,16H2,1-2H3. The predicted octanol–water partition coefficient (Wildman–Crippen LogP) is 0.578. The van der Waals surface area contributed by atoms with E-state index in [0.717, 1.165) is 12.6 Å². The first-order chi connectivity index (χ1) is 9.17. The van der Waals surface area contributed by atoms with E-state index in [1.54, 1.807) is 0 Å². The van der Waals surface area contributed by atoms with Crippen LogP contribution in [0, 0.1) is 0 Å². The molecule has 110 valence electrons. The minimum absolute atomic E-state index is 0.249. The first-order valence-electron chi connectivity index (χ1n) is 8.03. The van der Waals surface area contributed by atoms with Crippen LogP contribution in [0.3, 0.4) is 0 Å². The number of likely N-dealkylation sites (tertiary alicyclic amines) is 1. The van der Waals surface area contributed by atoms with Crippen molar-refractivity contribution in [2.75, 3.05) is 46.8 Å². The van der Waals surface area contributed by atoms with Crippen molar-refractivity contribution in [3.8, 4) is 0 Å². The van der Waals surface area contributed by atoms with Crippen molar-refractivity contribution in [2.45, 2.75) is 49.7 Å². The van der Waals surface area contributed by atoms with Gasteiger partial charge in [0.15, 0.2) is 0 Å². The van der Waals surface area contributed by atoms with E-state index in [0.29, 0.717) is 6.04 Å². The zero-order chi connectivity index (χ0) is 13.5. The monoisotopic (exact) mass is 266 g/mol. The zero-order valence-corrected chi connectivity index (χ0v) is 12.6. The van der Waals surface area contributed by atoms with Crippen molar-refractivity contribution in [3.05, 3.63) is 0 Å². The topological polar surface area (TPSA) is 35.7 Å². The first kappa shape index (κ1) is 13.8. The van der Waals surface area contributed by atoms with Crippen LogP contribution in [-0.2, 0) is 0 Å². The highest BCUT2D eigenvalue weighted by Crippen LogP contribution is 2.40. The van der Waals surface area contributed by atoms with Gasteiger partial charge >= 0.3 is 0 Å². The fraction of sp³-hybridized carbons (Fsp3) is 1.00. The van der Waals surface area contributed by atoms with E-state index in [1.165, 1.54) is 58.3 Å². The molecule has 3 aliphatic heterocycles. The lowest BCUT2D eigenvalue weighted by Crippen LogP contribution is -2.63. The average molecular weight is 266 g/mol. The summed E-state index contributed by atoms with van der Waals surface area (Å²) >= 11 is 0. The molecular weight excluding hydrogens is 236 g/mol. The Hall–Kier alpha value is -0.160. The van der Waals surface area contributed by atoms with Crippen molar-refractivity contribution in [3.63, 3.8) is 0 Å². The third kappa shape index (κ3) is 2.23. The van der Waals surface area contributed by atoms with E-state index in [9.17, 15) is 0 Å². The molecule has 0 aromatic heterocycles. The molecule has 0 bridgehead atoms. The summed E-state index contributed by atoms with van der Waals surface area (Å²) in [6.45, 7) is 5.85. The molecule has 0 aromatic rings. The maximum atomic E-state index is 6.29. The highest BCUT2D eigenvalue weighted by atomic mass is 15.3. The molecule has 3 saturated heterocycles. The summed E-state index contributed by atoms with van der Waals surface area (Å²) in [5.74, 6) is 0. The van der Waals surface area contributed by atoms with Gasteiger partial charge in [-0.05, 0) is 59.3 Å². The average Bonchev–Trinajstić information content (AvgIpc) is 3.00. The number of fused-ring (bicyclic) bond motifs is 1. The number of hydrogen-bond acceptors (Lipinski definition) is 4. The largest absolute Gasteiger partial charge is 0.329 e. The summed E-state index contributed by atoms with van der Waals surface area (Å²) in [4.78, 5) is 7.85. The van der Waals surface area contributed by atoms with Crippen LogP contribution in [0.4, 0.5) is 0 Å². The second-order valence-corrected chi connectivity index (χ2v) is 6.92. The molecule has 3 atom stereocenters. The lowest BCUT2D eigenvalue weighted by Gasteiger charge is -2.48. The molecule has 0 aromatic carbocycles. The normalized spacial score (nSPS) is 41.1. The van der Waals surface area contributed by atoms with Crippen molar-refractivity contribution in [1.29, 1.82) is 0 Å². The maximum Gasteiger partial charge on any atom is 0.0499 e. The van der Waals surface area contributed by atoms with Crippen molar-refractivity contribution < 1.29 is 0 Å². The Labute approximate surface area is 117 Å². The van der Waals surface area contributed by atoms with Crippen LogP contribution in [0.25, 0.3) is 0 Å². The van der Waals surface area contributed by atoms with Gasteiger partial charge in [0.2, 0.25) is 0 Å². The molecule has 0 spiro atoms. The Morgan fingerprint density at radius 2 is 2.00 bits per heavy atom. The number of hydrogen-bond donors (Lipinski definition) is 1. The number of piperidine rings is 1. The van der Waals surface area contributed by atoms with Crippen molar-refractivity contribution in [1.82, 2.24) is 14.7 Å². The van der Waals surface area contributed by atoms with Crippen LogP contribution in [-0.4, -0.2) is 79.1 Å². The Balaban J connectivity index is 1.77. The van der Waals surface area contributed by atoms with Crippen molar-refractivity contribution in [2.24, 2.45) is 5.73 Å². The fourth-order valence-corrected chi connectivity index (χ4v) is 4.82. The van der Waals surface area contributed by atoms with Crippen molar-refractivity contribution >= 4 is 0 Å². The molecule has 3 aliphatic rings. The lowest BCUT2D eigenvalue weighted by molar-refractivity contribution is 0.0210. The minimum Gasteiger partial charge on any atom is -0.329 e. The smallest absolute Gasteiger partial charge is 0.0499 e. The predicted molar refractivity (Wildman–Crippen MR) is 79.3 cm³/mol. The summed E-state index contributed by atoms with van der Waals surface area (Å²) in [5, 5.41) is 0. The van der Waals surface area contributed by atoms with E-state index < -0.39 is 0 Å². The summed E-state index contributed by atoms with van der Waals surface area (Å²) in [5.41, 5.74) is 6.53. The van der Waals surface area contributed by atoms with Gasteiger partial charge in [0.05, 0.1) is 0 Å². The summed E-state index contributed by atoms with van der Waals surface area (Å²) in [7, 11) is 4.60. The minimum atomic E-state index is 0.249. The SMILES string of the molecule is CN1CCCC(N(C)C2(CN)CCN3CCCC32)C1. The molecule has 2 N–H and O–H groups in total. The summed E-state index contributed by atoms with van der Waals surface area (Å²) in [6.07, 6.45) is 6.66. The van der Waals surface area contributed by atoms with Crippen LogP contribution in [0.1, 0.15) is 32.1 Å². The van der Waals surface area contributed by atoms with Gasteiger partial charge in [0, 0.05) is 37.3 Å². The number of nitrogens with zero attached hydrogens (tertiary/aromatic N) is 3. The van der Waals surface area contributed by atoms with Gasteiger partial charge in [-0.2, -0.15) is 0 Å². The van der Waals surface area contributed by atoms with E-state index in [1.807, 2.05) is 0 Å². The Morgan fingerprint density at radius 1 is 1.21 bits per heavy atom. The molecular formula is C15H30N4. The molecule has 0 amide bonds. The molecule has 3 heterocycles. The number of nitrogens with two attached hydrogens (primary N) is 1. The Kier molecular flexibility index (Phi) is 3.87. The lowest BCUT2D eigenvalue weighted by atomic mass is 9.84. The highest BCUT2D eigenvalue weighted by molar-refractivity contribution is 5.10. The Morgan fingerprint density at radius 3 is 2.74 bits per heavy atom. The fourth-order valence-electron chi connectivity index (χ4n) is 4.82. The quantitative estimate of drug-likeness (QED) is 0.810. The van der Waals surface area contributed by atoms with E-state index >= 15 is 0 Å². The van der Waals surface area contributed by atoms with Gasteiger partial charge in [-0.1, -0.05) is 0 Å². The maximum absolute atomic E-state index is 6.29. The van der Waals surface area contributed by atoms with Gasteiger partial charge in [0.1, 0.15) is 0 Å². The molecule has 19 heavy (non-hydrogen) atoms.